The number of pyridine rings is 1. The van der Waals surface area contributed by atoms with Crippen LogP contribution in [-0.4, -0.2) is 44.6 Å². The molecule has 4 aromatic rings. The summed E-state index contributed by atoms with van der Waals surface area (Å²) in [6, 6.07) is 12.9. The molecule has 0 amide bonds. The van der Waals surface area contributed by atoms with Crippen molar-refractivity contribution >= 4 is 39.4 Å². The van der Waals surface area contributed by atoms with E-state index >= 15 is 0 Å². The Morgan fingerprint density at radius 2 is 2.00 bits per heavy atom. The Kier molecular flexibility index (Phi) is 4.54. The monoisotopic (exact) mass is 489 g/mol. The van der Waals surface area contributed by atoms with Gasteiger partial charge in [0.1, 0.15) is 29.0 Å². The summed E-state index contributed by atoms with van der Waals surface area (Å²) in [7, 11) is 1.90. The Hall–Kier alpha value is -2.74. The molecule has 3 aromatic heterocycles. The van der Waals surface area contributed by atoms with E-state index in [1.54, 1.807) is 0 Å². The van der Waals surface area contributed by atoms with Gasteiger partial charge >= 0.3 is 0 Å². The van der Waals surface area contributed by atoms with Crippen LogP contribution in [0.4, 0.5) is 5.82 Å². The second kappa shape index (κ2) is 7.38. The minimum Gasteiger partial charge on any atom is -0.373 e. The zero-order valence-electron chi connectivity index (χ0n) is 20.0. The molecular formula is C27H28ClN5O2. The molecule has 1 aliphatic heterocycles. The van der Waals surface area contributed by atoms with Gasteiger partial charge in [-0.25, -0.2) is 15.0 Å². The Morgan fingerprint density at radius 1 is 1.14 bits per heavy atom. The molecule has 3 aliphatic rings. The smallest absolute Gasteiger partial charge is 0.163 e. The van der Waals surface area contributed by atoms with Crippen LogP contribution in [0.25, 0.3) is 21.9 Å². The number of hydrogen-bond acceptors (Lipinski definition) is 6. The van der Waals surface area contributed by atoms with Gasteiger partial charge in [-0.3, -0.25) is 0 Å². The molecular weight excluding hydrogens is 462 g/mol. The quantitative estimate of drug-likeness (QED) is 0.379. The van der Waals surface area contributed by atoms with Gasteiger partial charge in [0.25, 0.3) is 0 Å². The normalized spacial score (nSPS) is 30.5. The van der Waals surface area contributed by atoms with Crippen molar-refractivity contribution in [3.63, 3.8) is 0 Å². The lowest BCUT2D eigenvalue weighted by Crippen LogP contribution is -2.32. The molecule has 5 atom stereocenters. The predicted molar refractivity (Wildman–Crippen MR) is 136 cm³/mol. The van der Waals surface area contributed by atoms with Crippen molar-refractivity contribution in [2.75, 3.05) is 12.4 Å². The number of anilines is 1. The van der Waals surface area contributed by atoms with Crippen molar-refractivity contribution < 1.29 is 9.47 Å². The summed E-state index contributed by atoms with van der Waals surface area (Å²) < 4.78 is 15.3. The molecule has 4 heterocycles. The number of aromatic nitrogens is 4. The lowest BCUT2D eigenvalue weighted by atomic mass is 9.91. The van der Waals surface area contributed by atoms with Gasteiger partial charge in [0.2, 0.25) is 0 Å². The molecule has 3 fully saturated rings. The Bertz CT molecular complexity index is 1470. The summed E-state index contributed by atoms with van der Waals surface area (Å²) in [5.41, 5.74) is 3.30. The summed E-state index contributed by atoms with van der Waals surface area (Å²) in [4.78, 5) is 13.5. The molecule has 7 nitrogen and oxygen atoms in total. The van der Waals surface area contributed by atoms with Crippen LogP contribution in [0.5, 0.6) is 0 Å². The maximum absolute atomic E-state index is 6.57. The van der Waals surface area contributed by atoms with E-state index in [1.165, 1.54) is 11.9 Å². The van der Waals surface area contributed by atoms with E-state index in [4.69, 9.17) is 26.1 Å². The number of benzene rings is 1. The lowest BCUT2D eigenvalue weighted by Gasteiger charge is -2.24. The lowest BCUT2D eigenvalue weighted by molar-refractivity contribution is -0.161. The van der Waals surface area contributed by atoms with Gasteiger partial charge in [0, 0.05) is 24.0 Å². The third kappa shape index (κ3) is 3.21. The van der Waals surface area contributed by atoms with E-state index in [2.05, 4.69) is 50.3 Å². The number of nitrogens with zero attached hydrogens (tertiary/aromatic N) is 4. The number of rotatable bonds is 5. The van der Waals surface area contributed by atoms with E-state index in [0.29, 0.717) is 11.1 Å². The first kappa shape index (κ1) is 21.5. The van der Waals surface area contributed by atoms with Crippen LogP contribution in [-0.2, 0) is 15.9 Å². The van der Waals surface area contributed by atoms with E-state index in [9.17, 15) is 0 Å². The first-order chi connectivity index (χ1) is 16.9. The van der Waals surface area contributed by atoms with Gasteiger partial charge in [-0.05, 0) is 68.9 Å². The summed E-state index contributed by atoms with van der Waals surface area (Å²) in [6.45, 7) is 4.04. The standard InChI is InChI=1S/C27H28ClN5O2/c1-26(2)34-22-21(33-11-9-17-24(28)30-14-31-25(17)33)18-13-27(18,23(22)35-26)10-8-15-4-5-16-6-7-20(29-3)32-19(16)12-15/h4-7,9,11-12,14,18,21-23H,8,10,13H2,1-3H3,(H,29,32)/t18-,21-,22+,23+,27+/m1/s1. The van der Waals surface area contributed by atoms with Gasteiger partial charge in [-0.1, -0.05) is 23.7 Å². The van der Waals surface area contributed by atoms with E-state index in [1.807, 2.05) is 33.0 Å². The van der Waals surface area contributed by atoms with Crippen LogP contribution >= 0.6 is 11.6 Å². The summed E-state index contributed by atoms with van der Waals surface area (Å²) in [6.07, 6.45) is 6.86. The van der Waals surface area contributed by atoms with Gasteiger partial charge in [0.05, 0.1) is 23.0 Å². The van der Waals surface area contributed by atoms with Crippen LogP contribution in [0.2, 0.25) is 5.15 Å². The molecule has 7 rings (SSSR count). The molecule has 0 unspecified atom stereocenters. The summed E-state index contributed by atoms with van der Waals surface area (Å²) in [5, 5.41) is 5.66. The van der Waals surface area contributed by atoms with Crippen molar-refractivity contribution in [2.45, 2.75) is 57.1 Å². The molecule has 2 aliphatic carbocycles. The highest BCUT2D eigenvalue weighted by molar-refractivity contribution is 6.33. The van der Waals surface area contributed by atoms with Crippen LogP contribution in [0, 0.1) is 11.3 Å². The zero-order chi connectivity index (χ0) is 23.9. The molecule has 35 heavy (non-hydrogen) atoms. The van der Waals surface area contributed by atoms with Crippen molar-refractivity contribution in [3.8, 4) is 0 Å². The highest BCUT2D eigenvalue weighted by Gasteiger charge is 2.75. The van der Waals surface area contributed by atoms with Crippen molar-refractivity contribution in [3.05, 3.63) is 59.6 Å². The Morgan fingerprint density at radius 3 is 2.86 bits per heavy atom. The second-order valence-corrected chi connectivity index (χ2v) is 11.0. The van der Waals surface area contributed by atoms with E-state index < -0.39 is 5.79 Å². The highest BCUT2D eigenvalue weighted by atomic mass is 35.5. The number of ether oxygens (including phenoxy) is 2. The highest BCUT2D eigenvalue weighted by Crippen LogP contribution is 2.73. The first-order valence-corrected chi connectivity index (χ1v) is 12.7. The Balaban J connectivity index is 1.21. The third-order valence-electron chi connectivity index (χ3n) is 8.30. The SMILES string of the molecule is CNc1ccc2ccc(CC[C@]34C[C@@H]3[C@@H](n3ccc5c(Cl)ncnc53)[C@@H]3OC(C)(C)O[C@@H]34)cc2n1. The Labute approximate surface area is 208 Å². The van der Waals surface area contributed by atoms with Crippen molar-refractivity contribution in [2.24, 2.45) is 11.3 Å². The molecule has 8 heteroatoms. The van der Waals surface area contributed by atoms with Crippen LogP contribution in [0.3, 0.4) is 0 Å². The number of hydrogen-bond donors (Lipinski definition) is 1. The molecule has 2 saturated carbocycles. The van der Waals surface area contributed by atoms with Crippen LogP contribution in [0.1, 0.15) is 38.3 Å². The fourth-order valence-electron chi connectivity index (χ4n) is 6.65. The number of halogens is 1. The minimum atomic E-state index is -0.597. The third-order valence-corrected chi connectivity index (χ3v) is 8.60. The summed E-state index contributed by atoms with van der Waals surface area (Å²) >= 11 is 6.36. The number of aryl methyl sites for hydroxylation is 1. The molecule has 0 spiro atoms. The number of nitrogens with one attached hydrogen (secondary N) is 1. The molecule has 1 N–H and O–H groups in total. The van der Waals surface area contributed by atoms with Gasteiger partial charge in [-0.2, -0.15) is 0 Å². The average Bonchev–Trinajstić information content (AvgIpc) is 3.10. The topological polar surface area (TPSA) is 74.1 Å². The summed E-state index contributed by atoms with van der Waals surface area (Å²) in [5.74, 6) is 0.770. The van der Waals surface area contributed by atoms with Crippen LogP contribution in [0.15, 0.2) is 48.9 Å². The maximum Gasteiger partial charge on any atom is 0.163 e. The molecule has 0 bridgehead atoms. The minimum absolute atomic E-state index is 0.00968. The van der Waals surface area contributed by atoms with Gasteiger partial charge < -0.3 is 19.4 Å². The number of fused-ring (bicyclic) bond motifs is 5. The predicted octanol–water partition coefficient (Wildman–Crippen LogP) is 5.39. The van der Waals surface area contributed by atoms with Gasteiger partial charge in [-0.15, -0.1) is 0 Å². The fourth-order valence-corrected chi connectivity index (χ4v) is 6.84. The van der Waals surface area contributed by atoms with Crippen molar-refractivity contribution in [1.82, 2.24) is 19.5 Å². The molecule has 1 aromatic carbocycles. The zero-order valence-corrected chi connectivity index (χ0v) is 20.8. The van der Waals surface area contributed by atoms with Crippen molar-refractivity contribution in [1.29, 1.82) is 0 Å². The molecule has 180 valence electrons. The molecule has 1 saturated heterocycles. The second-order valence-electron chi connectivity index (χ2n) is 10.7. The first-order valence-electron chi connectivity index (χ1n) is 12.3. The fraction of sp³-hybridized carbons (Fsp3) is 0.444. The van der Waals surface area contributed by atoms with Gasteiger partial charge in [0.15, 0.2) is 5.79 Å². The van der Waals surface area contributed by atoms with E-state index in [0.717, 1.165) is 47.0 Å². The van der Waals surface area contributed by atoms with E-state index in [-0.39, 0.29) is 23.7 Å². The average molecular weight is 490 g/mol. The van der Waals surface area contributed by atoms with Crippen LogP contribution < -0.4 is 5.32 Å². The molecule has 0 radical (unpaired) electrons. The largest absolute Gasteiger partial charge is 0.373 e. The maximum atomic E-state index is 6.57.